The summed E-state index contributed by atoms with van der Waals surface area (Å²) in [5, 5.41) is 10.4. The normalized spacial score (nSPS) is 10.4. The fraction of sp³-hybridized carbons (Fsp3) is 0.118. The van der Waals surface area contributed by atoms with Crippen molar-refractivity contribution in [3.8, 4) is 0 Å². The van der Waals surface area contributed by atoms with Crippen molar-refractivity contribution in [1.82, 2.24) is 14.8 Å². The molecular weight excluding hydrogens is 325 g/mol. The van der Waals surface area contributed by atoms with Crippen LogP contribution in [0.5, 0.6) is 0 Å². The van der Waals surface area contributed by atoms with Gasteiger partial charge in [0.05, 0.1) is 6.54 Å². The van der Waals surface area contributed by atoms with Crippen molar-refractivity contribution in [1.29, 1.82) is 0 Å². The molecule has 3 rings (SSSR count). The largest absolute Gasteiger partial charge is 0.332 e. The van der Waals surface area contributed by atoms with Crippen molar-refractivity contribution in [3.05, 3.63) is 71.8 Å². The molecule has 0 saturated carbocycles. The number of nitrogens with zero attached hydrogens (tertiary/aromatic N) is 3. The molecule has 0 unspecified atom stereocenters. The Bertz CT molecular complexity index is 861. The van der Waals surface area contributed by atoms with Gasteiger partial charge in [-0.25, -0.2) is 14.1 Å². The summed E-state index contributed by atoms with van der Waals surface area (Å²) >= 11 is 5.18. The lowest BCUT2D eigenvalue weighted by atomic mass is 10.1. The van der Waals surface area contributed by atoms with Gasteiger partial charge in [-0.05, 0) is 42.9 Å². The lowest BCUT2D eigenvalue weighted by Gasteiger charge is -2.07. The highest BCUT2D eigenvalue weighted by Crippen LogP contribution is 2.10. The molecule has 0 radical (unpaired) electrons. The van der Waals surface area contributed by atoms with Crippen LogP contribution >= 0.6 is 12.2 Å². The molecule has 5 nitrogen and oxygen atoms in total. The molecule has 1 aromatic heterocycles. The first-order valence-electron chi connectivity index (χ1n) is 7.37. The summed E-state index contributed by atoms with van der Waals surface area (Å²) in [4.78, 5) is 4.17. The Morgan fingerprint density at radius 2 is 2.00 bits per heavy atom. The summed E-state index contributed by atoms with van der Waals surface area (Å²) in [5.41, 5.74) is 2.91. The number of hydrogen-bond acceptors (Lipinski definition) is 3. The number of aryl methyl sites for hydroxylation is 1. The minimum atomic E-state index is -0.330. The van der Waals surface area contributed by atoms with Crippen molar-refractivity contribution in [2.24, 2.45) is 0 Å². The van der Waals surface area contributed by atoms with Crippen molar-refractivity contribution in [2.45, 2.75) is 13.5 Å². The highest BCUT2D eigenvalue weighted by atomic mass is 32.1. The third kappa shape index (κ3) is 4.36. The molecule has 0 bridgehead atoms. The maximum absolute atomic E-state index is 13.2. The monoisotopic (exact) mass is 341 g/mol. The molecular formula is C17H16FN5S. The first-order valence-corrected chi connectivity index (χ1v) is 7.78. The first-order chi connectivity index (χ1) is 11.6. The Morgan fingerprint density at radius 3 is 2.79 bits per heavy atom. The third-order valence-corrected chi connectivity index (χ3v) is 3.48. The lowest BCUT2D eigenvalue weighted by molar-refractivity contribution is 0.628. The van der Waals surface area contributed by atoms with Crippen LogP contribution in [0, 0.1) is 12.7 Å². The molecule has 0 atom stereocenters. The minimum Gasteiger partial charge on any atom is -0.332 e. The number of aromatic nitrogens is 3. The third-order valence-electron chi connectivity index (χ3n) is 3.27. The van der Waals surface area contributed by atoms with Gasteiger partial charge >= 0.3 is 0 Å². The van der Waals surface area contributed by atoms with E-state index in [1.165, 1.54) is 17.7 Å². The number of nitrogens with one attached hydrogen (secondary N) is 2. The molecule has 3 aromatic rings. The molecule has 0 amide bonds. The van der Waals surface area contributed by atoms with E-state index in [0.717, 1.165) is 5.56 Å². The van der Waals surface area contributed by atoms with E-state index in [9.17, 15) is 4.39 Å². The summed E-state index contributed by atoms with van der Waals surface area (Å²) in [6, 6.07) is 14.3. The summed E-state index contributed by atoms with van der Waals surface area (Å²) < 4.78 is 14.9. The predicted molar refractivity (Wildman–Crippen MR) is 96.5 cm³/mol. The summed E-state index contributed by atoms with van der Waals surface area (Å²) in [7, 11) is 0. The maximum Gasteiger partial charge on any atom is 0.248 e. The van der Waals surface area contributed by atoms with E-state index in [1.54, 1.807) is 23.1 Å². The molecule has 0 aliphatic rings. The van der Waals surface area contributed by atoms with Crippen molar-refractivity contribution >= 4 is 29.0 Å². The molecule has 0 spiro atoms. The van der Waals surface area contributed by atoms with Crippen LogP contribution in [0.4, 0.5) is 16.0 Å². The standard InChI is InChI=1S/C17H16FN5S/c1-12-4-2-5-13(8-12)10-23-11-19-16(22-23)21-17(24)20-15-7-3-6-14(18)9-15/h2-9,11H,10H2,1H3,(H2,20,21,22,24). The quantitative estimate of drug-likeness (QED) is 0.711. The van der Waals surface area contributed by atoms with Crippen molar-refractivity contribution < 1.29 is 4.39 Å². The molecule has 0 saturated heterocycles. The van der Waals surface area contributed by atoms with Gasteiger partial charge < -0.3 is 5.32 Å². The molecule has 7 heteroatoms. The Morgan fingerprint density at radius 1 is 1.17 bits per heavy atom. The van der Waals surface area contributed by atoms with Crippen LogP contribution < -0.4 is 10.6 Å². The fourth-order valence-corrected chi connectivity index (χ4v) is 2.46. The lowest BCUT2D eigenvalue weighted by Crippen LogP contribution is -2.20. The van der Waals surface area contributed by atoms with E-state index in [4.69, 9.17) is 12.2 Å². The Labute approximate surface area is 144 Å². The second kappa shape index (κ2) is 7.18. The van der Waals surface area contributed by atoms with Crippen LogP contribution in [0.2, 0.25) is 0 Å². The number of anilines is 2. The average molecular weight is 341 g/mol. The molecule has 122 valence electrons. The summed E-state index contributed by atoms with van der Waals surface area (Å²) in [6.45, 7) is 2.68. The molecule has 0 aliphatic carbocycles. The highest BCUT2D eigenvalue weighted by Gasteiger charge is 2.05. The number of halogens is 1. The Hall–Kier alpha value is -2.80. The average Bonchev–Trinajstić information content (AvgIpc) is 2.94. The Balaban J connectivity index is 1.60. The molecule has 0 aliphatic heterocycles. The summed E-state index contributed by atoms with van der Waals surface area (Å²) in [6.07, 6.45) is 1.63. The summed E-state index contributed by atoms with van der Waals surface area (Å²) in [5.74, 6) is 0.0555. The smallest absolute Gasteiger partial charge is 0.248 e. The van der Waals surface area contributed by atoms with Crippen LogP contribution in [-0.4, -0.2) is 19.9 Å². The van der Waals surface area contributed by atoms with E-state index in [1.807, 2.05) is 25.1 Å². The number of thiocarbonyl (C=S) groups is 1. The van der Waals surface area contributed by atoms with E-state index in [-0.39, 0.29) is 5.82 Å². The van der Waals surface area contributed by atoms with Crippen LogP contribution in [0.15, 0.2) is 54.9 Å². The van der Waals surface area contributed by atoms with Gasteiger partial charge in [0.15, 0.2) is 5.11 Å². The zero-order valence-electron chi connectivity index (χ0n) is 13.0. The predicted octanol–water partition coefficient (Wildman–Crippen LogP) is 3.58. The molecule has 2 aromatic carbocycles. The van der Waals surface area contributed by atoms with Gasteiger partial charge in [-0.1, -0.05) is 35.9 Å². The second-order valence-corrected chi connectivity index (χ2v) is 5.75. The zero-order valence-corrected chi connectivity index (χ0v) is 13.8. The SMILES string of the molecule is Cc1cccc(Cn2cnc(NC(=S)Nc3cccc(F)c3)n2)c1. The van der Waals surface area contributed by atoms with E-state index >= 15 is 0 Å². The van der Waals surface area contributed by atoms with Gasteiger partial charge in [-0.3, -0.25) is 5.32 Å². The highest BCUT2D eigenvalue weighted by molar-refractivity contribution is 7.80. The first kappa shape index (κ1) is 16.1. The van der Waals surface area contributed by atoms with Gasteiger partial charge in [-0.2, -0.15) is 0 Å². The van der Waals surface area contributed by atoms with Crippen LogP contribution in [-0.2, 0) is 6.54 Å². The fourth-order valence-electron chi connectivity index (χ4n) is 2.26. The second-order valence-electron chi connectivity index (χ2n) is 5.34. The van der Waals surface area contributed by atoms with Crippen molar-refractivity contribution in [3.63, 3.8) is 0 Å². The van der Waals surface area contributed by atoms with E-state index < -0.39 is 0 Å². The molecule has 0 fully saturated rings. The van der Waals surface area contributed by atoms with Gasteiger partial charge in [0.25, 0.3) is 0 Å². The molecule has 2 N–H and O–H groups in total. The maximum atomic E-state index is 13.2. The zero-order chi connectivity index (χ0) is 16.9. The van der Waals surface area contributed by atoms with Gasteiger partial charge in [0.1, 0.15) is 12.1 Å². The Kier molecular flexibility index (Phi) is 4.81. The number of benzene rings is 2. The van der Waals surface area contributed by atoms with Crippen LogP contribution in [0.3, 0.4) is 0 Å². The van der Waals surface area contributed by atoms with E-state index in [2.05, 4.69) is 26.8 Å². The van der Waals surface area contributed by atoms with Crippen LogP contribution in [0.25, 0.3) is 0 Å². The number of rotatable bonds is 4. The molecule has 24 heavy (non-hydrogen) atoms. The number of hydrogen-bond donors (Lipinski definition) is 2. The van der Waals surface area contributed by atoms with Crippen molar-refractivity contribution in [2.75, 3.05) is 10.6 Å². The molecule has 1 heterocycles. The van der Waals surface area contributed by atoms with Gasteiger partial charge in [0.2, 0.25) is 5.95 Å². The van der Waals surface area contributed by atoms with Crippen LogP contribution in [0.1, 0.15) is 11.1 Å². The topological polar surface area (TPSA) is 54.8 Å². The van der Waals surface area contributed by atoms with Gasteiger partial charge in [0, 0.05) is 5.69 Å². The minimum absolute atomic E-state index is 0.300. The van der Waals surface area contributed by atoms with Gasteiger partial charge in [-0.15, -0.1) is 5.10 Å². The van der Waals surface area contributed by atoms with E-state index in [0.29, 0.717) is 23.3 Å².